The summed E-state index contributed by atoms with van der Waals surface area (Å²) in [6, 6.07) is 3.58. The van der Waals surface area contributed by atoms with Gasteiger partial charge in [-0.05, 0) is 85.1 Å². The molecule has 3 amide bonds. The van der Waals surface area contributed by atoms with Crippen molar-refractivity contribution in [2.75, 3.05) is 26.2 Å². The van der Waals surface area contributed by atoms with Crippen molar-refractivity contribution in [3.8, 4) is 11.5 Å². The number of rotatable bonds is 7. The van der Waals surface area contributed by atoms with E-state index in [0.717, 1.165) is 29.5 Å². The molecule has 0 radical (unpaired) electrons. The first kappa shape index (κ1) is 22.7. The Bertz CT molecular complexity index is 880. The average Bonchev–Trinajstić information content (AvgIpc) is 3.30. The number of carbonyl (C=O) groups is 3. The third kappa shape index (κ3) is 5.18. The fourth-order valence-corrected chi connectivity index (χ4v) is 4.67. The van der Waals surface area contributed by atoms with Gasteiger partial charge in [0.1, 0.15) is 6.54 Å². The van der Waals surface area contributed by atoms with Crippen molar-refractivity contribution in [1.82, 2.24) is 9.80 Å². The Balaban J connectivity index is 1.81. The Morgan fingerprint density at radius 2 is 1.97 bits per heavy atom. The van der Waals surface area contributed by atoms with Crippen LogP contribution in [0.15, 0.2) is 21.5 Å². The Kier molecular flexibility index (Phi) is 7.46. The maximum atomic E-state index is 12.8. The minimum Gasteiger partial charge on any atom is -0.490 e. The fourth-order valence-electron chi connectivity index (χ4n) is 3.27. The van der Waals surface area contributed by atoms with Gasteiger partial charge in [0.2, 0.25) is 5.91 Å². The first-order chi connectivity index (χ1) is 14.3. The molecule has 0 saturated carbocycles. The maximum Gasteiger partial charge on any atom is 0.294 e. The molecule has 162 valence electrons. The highest BCUT2D eigenvalue weighted by atomic mass is 79.9. The molecule has 0 unspecified atom stereocenters. The zero-order chi connectivity index (χ0) is 21.8. The lowest BCUT2D eigenvalue weighted by atomic mass is 10.1. The topological polar surface area (TPSA) is 76.2 Å². The normalized spacial score (nSPS) is 18.1. The lowest BCUT2D eigenvalue weighted by Gasteiger charge is -2.18. The Hall–Kier alpha value is -2.00. The van der Waals surface area contributed by atoms with Crippen LogP contribution in [0.25, 0.3) is 6.08 Å². The lowest BCUT2D eigenvalue weighted by Crippen LogP contribution is -2.40. The molecule has 2 aliphatic rings. The van der Waals surface area contributed by atoms with Gasteiger partial charge in [0.05, 0.1) is 22.1 Å². The molecular formula is C21H25BrN2O5S. The van der Waals surface area contributed by atoms with E-state index in [1.54, 1.807) is 17.0 Å². The van der Waals surface area contributed by atoms with E-state index in [1.807, 2.05) is 26.8 Å². The maximum absolute atomic E-state index is 12.8. The van der Waals surface area contributed by atoms with Gasteiger partial charge in [-0.3, -0.25) is 19.3 Å². The summed E-state index contributed by atoms with van der Waals surface area (Å²) in [6.45, 7) is 7.35. The molecule has 2 saturated heterocycles. The molecule has 30 heavy (non-hydrogen) atoms. The molecule has 0 N–H and O–H groups in total. The summed E-state index contributed by atoms with van der Waals surface area (Å²) in [5.74, 6) is 0.505. The number of nitrogens with zero attached hydrogens (tertiary/aromatic N) is 2. The molecule has 1 aromatic rings. The Morgan fingerprint density at radius 3 is 2.60 bits per heavy atom. The van der Waals surface area contributed by atoms with E-state index in [-0.39, 0.29) is 23.5 Å². The molecule has 0 aromatic heterocycles. The summed E-state index contributed by atoms with van der Waals surface area (Å²) in [6.07, 6.45) is 3.52. The van der Waals surface area contributed by atoms with Gasteiger partial charge in [0, 0.05) is 13.1 Å². The summed E-state index contributed by atoms with van der Waals surface area (Å²) >= 11 is 4.34. The number of amides is 3. The first-order valence-electron chi connectivity index (χ1n) is 9.96. The molecule has 9 heteroatoms. The molecule has 0 bridgehead atoms. The fraction of sp³-hybridized carbons (Fsp3) is 0.476. The number of benzene rings is 1. The van der Waals surface area contributed by atoms with Gasteiger partial charge in [-0.1, -0.05) is 0 Å². The number of hydrogen-bond acceptors (Lipinski definition) is 6. The van der Waals surface area contributed by atoms with Crippen LogP contribution in [-0.4, -0.2) is 59.2 Å². The van der Waals surface area contributed by atoms with Gasteiger partial charge in [-0.15, -0.1) is 0 Å². The summed E-state index contributed by atoms with van der Waals surface area (Å²) in [5, 5.41) is -0.428. The van der Waals surface area contributed by atoms with E-state index in [2.05, 4.69) is 15.9 Å². The van der Waals surface area contributed by atoms with Crippen molar-refractivity contribution in [1.29, 1.82) is 0 Å². The van der Waals surface area contributed by atoms with Crippen LogP contribution in [0.1, 0.15) is 39.2 Å². The highest BCUT2D eigenvalue weighted by Gasteiger charge is 2.37. The highest BCUT2D eigenvalue weighted by Crippen LogP contribution is 2.39. The van der Waals surface area contributed by atoms with Crippen molar-refractivity contribution in [3.63, 3.8) is 0 Å². The molecule has 7 nitrogen and oxygen atoms in total. The van der Waals surface area contributed by atoms with Crippen molar-refractivity contribution < 1.29 is 23.9 Å². The summed E-state index contributed by atoms with van der Waals surface area (Å²) in [4.78, 5) is 40.5. The van der Waals surface area contributed by atoms with Crippen LogP contribution in [-0.2, 0) is 9.59 Å². The minimum atomic E-state index is -0.450. The van der Waals surface area contributed by atoms with Gasteiger partial charge < -0.3 is 14.4 Å². The van der Waals surface area contributed by atoms with Crippen LogP contribution in [0.5, 0.6) is 11.5 Å². The number of likely N-dealkylation sites (tertiary alicyclic amines) is 1. The number of imide groups is 1. The second-order valence-corrected chi connectivity index (χ2v) is 9.13. The van der Waals surface area contributed by atoms with E-state index in [0.29, 0.717) is 41.2 Å². The van der Waals surface area contributed by atoms with Gasteiger partial charge in [0.25, 0.3) is 11.1 Å². The third-order valence-electron chi connectivity index (χ3n) is 4.61. The number of ether oxygens (including phenoxy) is 2. The number of thioether (sulfide) groups is 1. The molecule has 2 heterocycles. The van der Waals surface area contributed by atoms with Crippen LogP contribution >= 0.6 is 27.7 Å². The van der Waals surface area contributed by atoms with Crippen LogP contribution in [0, 0.1) is 0 Å². The number of halogens is 1. The smallest absolute Gasteiger partial charge is 0.294 e. The van der Waals surface area contributed by atoms with Gasteiger partial charge in [-0.2, -0.15) is 0 Å². The Labute approximate surface area is 188 Å². The zero-order valence-corrected chi connectivity index (χ0v) is 19.7. The quantitative estimate of drug-likeness (QED) is 0.524. The van der Waals surface area contributed by atoms with Crippen molar-refractivity contribution in [2.45, 2.75) is 39.7 Å². The molecular weight excluding hydrogens is 472 g/mol. The molecule has 3 rings (SSSR count). The SMILES string of the molecule is CCOc1cc(/C=C2/SC(=O)N(CC(=O)N3CCCC3)C2=O)cc(Br)c1OC(C)C. The van der Waals surface area contributed by atoms with Crippen molar-refractivity contribution in [2.24, 2.45) is 0 Å². The van der Waals surface area contributed by atoms with Crippen LogP contribution in [0.4, 0.5) is 4.79 Å². The van der Waals surface area contributed by atoms with Crippen molar-refractivity contribution in [3.05, 3.63) is 27.1 Å². The van der Waals surface area contributed by atoms with Gasteiger partial charge in [-0.25, -0.2) is 0 Å². The van der Waals surface area contributed by atoms with Crippen LogP contribution in [0.3, 0.4) is 0 Å². The monoisotopic (exact) mass is 496 g/mol. The zero-order valence-electron chi connectivity index (χ0n) is 17.3. The Morgan fingerprint density at radius 1 is 1.27 bits per heavy atom. The molecule has 2 aliphatic heterocycles. The summed E-state index contributed by atoms with van der Waals surface area (Å²) in [7, 11) is 0. The predicted molar refractivity (Wildman–Crippen MR) is 120 cm³/mol. The van der Waals surface area contributed by atoms with Gasteiger partial charge >= 0.3 is 0 Å². The lowest BCUT2D eigenvalue weighted by molar-refractivity contribution is -0.135. The van der Waals surface area contributed by atoms with E-state index >= 15 is 0 Å². The van der Waals surface area contributed by atoms with Crippen LogP contribution in [0.2, 0.25) is 0 Å². The summed E-state index contributed by atoms with van der Waals surface area (Å²) < 4.78 is 12.2. The van der Waals surface area contributed by atoms with Crippen LogP contribution < -0.4 is 9.47 Å². The van der Waals surface area contributed by atoms with E-state index < -0.39 is 11.1 Å². The molecule has 0 aliphatic carbocycles. The predicted octanol–water partition coefficient (Wildman–Crippen LogP) is 4.29. The minimum absolute atomic E-state index is 0.0315. The van der Waals surface area contributed by atoms with E-state index in [4.69, 9.17) is 9.47 Å². The molecule has 0 spiro atoms. The van der Waals surface area contributed by atoms with E-state index in [9.17, 15) is 14.4 Å². The van der Waals surface area contributed by atoms with Gasteiger partial charge in [0.15, 0.2) is 11.5 Å². The third-order valence-corrected chi connectivity index (χ3v) is 6.11. The highest BCUT2D eigenvalue weighted by molar-refractivity contribution is 9.10. The number of carbonyl (C=O) groups excluding carboxylic acids is 3. The standard InChI is InChI=1S/C21H25BrN2O5S/c1-4-28-16-10-14(9-15(22)19(16)29-13(2)3)11-17-20(26)24(21(27)30-17)12-18(25)23-7-5-6-8-23/h9-11,13H,4-8,12H2,1-3H3/b17-11+. The molecule has 1 aromatic carbocycles. The molecule has 2 fully saturated rings. The van der Waals surface area contributed by atoms with Crippen molar-refractivity contribution >= 4 is 50.8 Å². The summed E-state index contributed by atoms with van der Waals surface area (Å²) in [5.41, 5.74) is 0.692. The second kappa shape index (κ2) is 9.87. The second-order valence-electron chi connectivity index (χ2n) is 7.29. The number of hydrogen-bond donors (Lipinski definition) is 0. The largest absolute Gasteiger partial charge is 0.490 e. The average molecular weight is 497 g/mol. The van der Waals surface area contributed by atoms with E-state index in [1.165, 1.54) is 0 Å². The first-order valence-corrected chi connectivity index (χ1v) is 11.6. The molecule has 0 atom stereocenters.